The lowest BCUT2D eigenvalue weighted by Gasteiger charge is -2.52. The SMILES string of the molecule is CC1CC(O)C2CCC(C(C)(C)C)CC2N1C. The maximum Gasteiger partial charge on any atom is 0.0598 e. The summed E-state index contributed by atoms with van der Waals surface area (Å²) in [6, 6.07) is 1.14. The second-order valence-corrected chi connectivity index (χ2v) is 7.42. The van der Waals surface area contributed by atoms with E-state index in [1.54, 1.807) is 0 Å². The number of piperidine rings is 1. The Kier molecular flexibility index (Phi) is 3.57. The van der Waals surface area contributed by atoms with Gasteiger partial charge < -0.3 is 10.0 Å². The molecule has 0 bridgehead atoms. The summed E-state index contributed by atoms with van der Waals surface area (Å²) in [6.45, 7) is 9.34. The van der Waals surface area contributed by atoms with Crippen LogP contribution in [0.2, 0.25) is 0 Å². The number of aliphatic hydroxyl groups excluding tert-OH is 1. The molecule has 1 heterocycles. The van der Waals surface area contributed by atoms with Crippen LogP contribution in [0.3, 0.4) is 0 Å². The highest BCUT2D eigenvalue weighted by Gasteiger charge is 2.44. The van der Waals surface area contributed by atoms with Gasteiger partial charge in [-0.25, -0.2) is 0 Å². The third kappa shape index (κ3) is 2.53. The molecule has 0 radical (unpaired) electrons. The quantitative estimate of drug-likeness (QED) is 0.702. The van der Waals surface area contributed by atoms with Crippen molar-refractivity contribution in [3.05, 3.63) is 0 Å². The Hall–Kier alpha value is -0.0800. The molecule has 0 spiro atoms. The fourth-order valence-electron chi connectivity index (χ4n) is 3.89. The van der Waals surface area contributed by atoms with E-state index >= 15 is 0 Å². The summed E-state index contributed by atoms with van der Waals surface area (Å²) in [6.07, 6.45) is 4.67. The van der Waals surface area contributed by atoms with E-state index in [9.17, 15) is 5.11 Å². The lowest BCUT2D eigenvalue weighted by Crippen LogP contribution is -2.56. The van der Waals surface area contributed by atoms with Crippen molar-refractivity contribution in [1.82, 2.24) is 4.90 Å². The lowest BCUT2D eigenvalue weighted by molar-refractivity contribution is -0.0709. The molecule has 1 saturated carbocycles. The number of likely N-dealkylation sites (tertiary alicyclic amines) is 1. The van der Waals surface area contributed by atoms with Gasteiger partial charge in [0.1, 0.15) is 0 Å². The number of fused-ring (bicyclic) bond motifs is 1. The summed E-state index contributed by atoms with van der Waals surface area (Å²) in [5.41, 5.74) is 0.414. The van der Waals surface area contributed by atoms with Crippen LogP contribution in [-0.2, 0) is 0 Å². The summed E-state index contributed by atoms with van der Waals surface area (Å²) in [7, 11) is 2.25. The number of hydrogen-bond acceptors (Lipinski definition) is 2. The van der Waals surface area contributed by atoms with Crippen LogP contribution < -0.4 is 0 Å². The Bertz CT molecular complexity index is 271. The number of rotatable bonds is 0. The van der Waals surface area contributed by atoms with Crippen molar-refractivity contribution in [2.75, 3.05) is 7.05 Å². The molecular formula is C15H29NO. The van der Waals surface area contributed by atoms with Crippen LogP contribution in [0, 0.1) is 17.3 Å². The maximum absolute atomic E-state index is 10.3. The molecule has 0 aromatic heterocycles. The fourth-order valence-corrected chi connectivity index (χ4v) is 3.89. The zero-order valence-corrected chi connectivity index (χ0v) is 12.1. The van der Waals surface area contributed by atoms with E-state index in [1.807, 2.05) is 0 Å². The van der Waals surface area contributed by atoms with Crippen LogP contribution in [-0.4, -0.2) is 35.2 Å². The van der Waals surface area contributed by atoms with E-state index in [1.165, 1.54) is 19.3 Å². The normalized spacial score (nSPS) is 44.5. The van der Waals surface area contributed by atoms with Crippen molar-refractivity contribution in [2.45, 2.75) is 71.6 Å². The molecule has 5 atom stereocenters. The van der Waals surface area contributed by atoms with E-state index in [-0.39, 0.29) is 6.10 Å². The molecule has 1 saturated heterocycles. The molecule has 1 aliphatic heterocycles. The van der Waals surface area contributed by atoms with E-state index in [0.717, 1.165) is 12.3 Å². The summed E-state index contributed by atoms with van der Waals surface area (Å²) in [5, 5.41) is 10.3. The van der Waals surface area contributed by atoms with Gasteiger partial charge in [-0.2, -0.15) is 0 Å². The molecule has 2 nitrogen and oxygen atoms in total. The third-order valence-electron chi connectivity index (χ3n) is 5.39. The Morgan fingerprint density at radius 3 is 2.35 bits per heavy atom. The largest absolute Gasteiger partial charge is 0.393 e. The zero-order chi connectivity index (χ0) is 12.8. The van der Waals surface area contributed by atoms with Gasteiger partial charge in [0.15, 0.2) is 0 Å². The van der Waals surface area contributed by atoms with Crippen molar-refractivity contribution in [2.24, 2.45) is 17.3 Å². The van der Waals surface area contributed by atoms with Gasteiger partial charge >= 0.3 is 0 Å². The topological polar surface area (TPSA) is 23.5 Å². The summed E-state index contributed by atoms with van der Waals surface area (Å²) >= 11 is 0. The minimum absolute atomic E-state index is 0.0629. The lowest BCUT2D eigenvalue weighted by atomic mass is 9.64. The van der Waals surface area contributed by atoms with E-state index in [2.05, 4.69) is 39.6 Å². The van der Waals surface area contributed by atoms with Crippen molar-refractivity contribution < 1.29 is 5.11 Å². The second-order valence-electron chi connectivity index (χ2n) is 7.42. The smallest absolute Gasteiger partial charge is 0.0598 e. The number of nitrogens with zero attached hydrogens (tertiary/aromatic N) is 1. The van der Waals surface area contributed by atoms with Gasteiger partial charge in [-0.15, -0.1) is 0 Å². The van der Waals surface area contributed by atoms with Gasteiger partial charge in [-0.3, -0.25) is 0 Å². The average molecular weight is 239 g/mol. The first kappa shape index (κ1) is 13.4. The molecule has 17 heavy (non-hydrogen) atoms. The van der Waals surface area contributed by atoms with Gasteiger partial charge in [0, 0.05) is 18.0 Å². The molecular weight excluding hydrogens is 210 g/mol. The van der Waals surface area contributed by atoms with Crippen LogP contribution in [0.5, 0.6) is 0 Å². The summed E-state index contributed by atoms with van der Waals surface area (Å²) in [5.74, 6) is 1.33. The van der Waals surface area contributed by atoms with Gasteiger partial charge in [0.05, 0.1) is 6.10 Å². The molecule has 1 N–H and O–H groups in total. The Morgan fingerprint density at radius 1 is 1.12 bits per heavy atom. The minimum Gasteiger partial charge on any atom is -0.393 e. The first-order valence-electron chi connectivity index (χ1n) is 7.20. The number of hydrogen-bond donors (Lipinski definition) is 1. The van der Waals surface area contributed by atoms with Crippen LogP contribution in [0.25, 0.3) is 0 Å². The fraction of sp³-hybridized carbons (Fsp3) is 1.00. The van der Waals surface area contributed by atoms with Gasteiger partial charge in [-0.05, 0) is 51.0 Å². The standard InChI is InChI=1S/C15H29NO/c1-10-8-14(17)12-7-6-11(15(2,3)4)9-13(12)16(10)5/h10-14,17H,6-9H2,1-5H3. The monoisotopic (exact) mass is 239 g/mol. The summed E-state index contributed by atoms with van der Waals surface area (Å²) in [4.78, 5) is 2.52. The van der Waals surface area contributed by atoms with Crippen LogP contribution in [0.15, 0.2) is 0 Å². The van der Waals surface area contributed by atoms with Crippen LogP contribution >= 0.6 is 0 Å². The zero-order valence-electron chi connectivity index (χ0n) is 12.1. The Labute approximate surface area is 106 Å². The molecule has 0 amide bonds. The predicted molar refractivity (Wildman–Crippen MR) is 71.9 cm³/mol. The van der Waals surface area contributed by atoms with Crippen molar-refractivity contribution in [3.8, 4) is 0 Å². The van der Waals surface area contributed by atoms with Crippen molar-refractivity contribution >= 4 is 0 Å². The third-order valence-corrected chi connectivity index (χ3v) is 5.39. The van der Waals surface area contributed by atoms with Crippen LogP contribution in [0.1, 0.15) is 53.4 Å². The highest BCUT2D eigenvalue weighted by molar-refractivity contribution is 4.97. The van der Waals surface area contributed by atoms with Gasteiger partial charge in [-0.1, -0.05) is 20.8 Å². The van der Waals surface area contributed by atoms with Crippen molar-refractivity contribution in [1.29, 1.82) is 0 Å². The molecule has 2 heteroatoms. The van der Waals surface area contributed by atoms with E-state index < -0.39 is 0 Å². The average Bonchev–Trinajstić information content (AvgIpc) is 2.24. The molecule has 1 aliphatic carbocycles. The van der Waals surface area contributed by atoms with Crippen molar-refractivity contribution in [3.63, 3.8) is 0 Å². The van der Waals surface area contributed by atoms with Gasteiger partial charge in [0.25, 0.3) is 0 Å². The maximum atomic E-state index is 10.3. The van der Waals surface area contributed by atoms with Crippen LogP contribution in [0.4, 0.5) is 0 Å². The molecule has 0 aromatic rings. The second kappa shape index (κ2) is 4.55. The molecule has 5 unspecified atom stereocenters. The molecule has 100 valence electrons. The Balaban J connectivity index is 2.11. The first-order chi connectivity index (χ1) is 7.80. The number of aliphatic hydroxyl groups is 1. The van der Waals surface area contributed by atoms with Gasteiger partial charge in [0.2, 0.25) is 0 Å². The highest BCUT2D eigenvalue weighted by atomic mass is 16.3. The Morgan fingerprint density at radius 2 is 1.76 bits per heavy atom. The van der Waals surface area contributed by atoms with E-state index in [4.69, 9.17) is 0 Å². The first-order valence-corrected chi connectivity index (χ1v) is 7.20. The summed E-state index contributed by atoms with van der Waals surface area (Å²) < 4.78 is 0. The molecule has 2 fully saturated rings. The minimum atomic E-state index is -0.0629. The molecule has 2 aliphatic rings. The highest BCUT2D eigenvalue weighted by Crippen LogP contribution is 2.45. The predicted octanol–water partition coefficient (Wildman–Crippen LogP) is 2.90. The molecule has 2 rings (SSSR count). The molecule has 0 aromatic carbocycles. The van der Waals surface area contributed by atoms with E-state index in [0.29, 0.717) is 23.4 Å².